The Morgan fingerprint density at radius 2 is 2.31 bits per heavy atom. The minimum Gasteiger partial charge on any atom is -0.393 e. The Labute approximate surface area is 97.1 Å². The van der Waals surface area contributed by atoms with Crippen molar-refractivity contribution in [2.75, 3.05) is 0 Å². The van der Waals surface area contributed by atoms with Gasteiger partial charge in [-0.15, -0.1) is 0 Å². The summed E-state index contributed by atoms with van der Waals surface area (Å²) in [5.41, 5.74) is 0.588. The fraction of sp³-hybridized carbons (Fsp3) is 0.300. The molecule has 2 aromatic rings. The number of nitrogens with zero attached hydrogens (tertiary/aromatic N) is 3. The van der Waals surface area contributed by atoms with E-state index in [2.05, 4.69) is 15.1 Å². The Morgan fingerprint density at radius 1 is 1.50 bits per heavy atom. The molecule has 0 spiro atoms. The first-order chi connectivity index (χ1) is 7.65. The van der Waals surface area contributed by atoms with Crippen molar-refractivity contribution in [1.82, 2.24) is 15.1 Å². The number of pyridine rings is 1. The second kappa shape index (κ2) is 4.59. The van der Waals surface area contributed by atoms with Crippen molar-refractivity contribution in [2.24, 2.45) is 0 Å². The van der Waals surface area contributed by atoms with E-state index in [1.165, 1.54) is 6.20 Å². The molecule has 6 heteroatoms. The highest BCUT2D eigenvalue weighted by Gasteiger charge is 2.11. The average Bonchev–Trinajstić information content (AvgIpc) is 2.66. The zero-order valence-corrected chi connectivity index (χ0v) is 9.35. The van der Waals surface area contributed by atoms with Crippen molar-refractivity contribution < 1.29 is 9.63 Å². The van der Waals surface area contributed by atoms with E-state index >= 15 is 0 Å². The first-order valence-corrected chi connectivity index (χ1v) is 5.15. The van der Waals surface area contributed by atoms with E-state index in [1.54, 1.807) is 19.1 Å². The molecule has 0 saturated heterocycles. The van der Waals surface area contributed by atoms with Crippen LogP contribution in [-0.2, 0) is 6.42 Å². The highest BCUT2D eigenvalue weighted by Crippen LogP contribution is 2.15. The van der Waals surface area contributed by atoms with Crippen LogP contribution in [-0.4, -0.2) is 26.3 Å². The monoisotopic (exact) mass is 239 g/mol. The highest BCUT2D eigenvalue weighted by atomic mass is 35.5. The molecule has 0 radical (unpaired) electrons. The molecule has 2 rings (SSSR count). The second-order valence-corrected chi connectivity index (χ2v) is 3.86. The van der Waals surface area contributed by atoms with Crippen LogP contribution in [0.3, 0.4) is 0 Å². The third-order valence-electron chi connectivity index (χ3n) is 1.89. The van der Waals surface area contributed by atoms with E-state index < -0.39 is 6.10 Å². The summed E-state index contributed by atoms with van der Waals surface area (Å²) in [5, 5.41) is 13.5. The molecular weight excluding hydrogens is 230 g/mol. The number of rotatable bonds is 3. The van der Waals surface area contributed by atoms with Gasteiger partial charge in [-0.25, -0.2) is 0 Å². The van der Waals surface area contributed by atoms with Gasteiger partial charge in [-0.3, -0.25) is 4.98 Å². The van der Waals surface area contributed by atoms with Crippen molar-refractivity contribution >= 4 is 11.6 Å². The Bertz CT molecular complexity index is 467. The van der Waals surface area contributed by atoms with Crippen LogP contribution in [0.5, 0.6) is 0 Å². The van der Waals surface area contributed by atoms with Gasteiger partial charge in [-0.2, -0.15) is 4.98 Å². The molecule has 0 saturated carbocycles. The minimum absolute atomic E-state index is 0.334. The highest BCUT2D eigenvalue weighted by molar-refractivity contribution is 6.30. The quantitative estimate of drug-likeness (QED) is 0.883. The van der Waals surface area contributed by atoms with E-state index in [-0.39, 0.29) is 0 Å². The van der Waals surface area contributed by atoms with Gasteiger partial charge in [0, 0.05) is 6.20 Å². The van der Waals surface area contributed by atoms with E-state index in [1.807, 2.05) is 0 Å². The van der Waals surface area contributed by atoms with E-state index in [9.17, 15) is 0 Å². The van der Waals surface area contributed by atoms with Crippen molar-refractivity contribution in [3.63, 3.8) is 0 Å². The molecule has 0 aliphatic rings. The molecule has 0 bridgehead atoms. The maximum atomic E-state index is 9.16. The minimum atomic E-state index is -0.508. The standard InChI is InChI=1S/C10H10ClN3O2/c1-6(15)4-9-13-10(14-16-9)8-3-2-7(11)5-12-8/h2-3,5-6,15H,4H2,1H3. The molecule has 0 aliphatic carbocycles. The number of aliphatic hydroxyl groups excluding tert-OH is 1. The lowest BCUT2D eigenvalue weighted by molar-refractivity contribution is 0.181. The third-order valence-corrected chi connectivity index (χ3v) is 2.12. The fourth-order valence-corrected chi connectivity index (χ4v) is 1.31. The lowest BCUT2D eigenvalue weighted by Gasteiger charge is -1.95. The van der Waals surface area contributed by atoms with Gasteiger partial charge in [-0.1, -0.05) is 16.8 Å². The van der Waals surface area contributed by atoms with Crippen LogP contribution < -0.4 is 0 Å². The second-order valence-electron chi connectivity index (χ2n) is 3.43. The normalized spacial score (nSPS) is 12.7. The van der Waals surface area contributed by atoms with E-state index in [0.717, 1.165) is 0 Å². The zero-order chi connectivity index (χ0) is 11.5. The van der Waals surface area contributed by atoms with E-state index in [0.29, 0.717) is 28.9 Å². The molecule has 84 valence electrons. The summed E-state index contributed by atoms with van der Waals surface area (Å²) in [6.45, 7) is 1.66. The number of halogens is 1. The van der Waals surface area contributed by atoms with Gasteiger partial charge in [-0.05, 0) is 19.1 Å². The third kappa shape index (κ3) is 2.56. The number of hydrogen-bond donors (Lipinski definition) is 1. The molecule has 16 heavy (non-hydrogen) atoms. The number of aliphatic hydroxyl groups is 1. The Balaban J connectivity index is 2.21. The topological polar surface area (TPSA) is 72.0 Å². The predicted octanol–water partition coefficient (Wildman–Crippen LogP) is 1.71. The van der Waals surface area contributed by atoms with Crippen molar-refractivity contribution in [1.29, 1.82) is 0 Å². The molecule has 1 N–H and O–H groups in total. The lowest BCUT2D eigenvalue weighted by atomic mass is 10.3. The van der Waals surface area contributed by atoms with Gasteiger partial charge in [0.25, 0.3) is 0 Å². The first kappa shape index (κ1) is 11.0. The molecule has 5 nitrogen and oxygen atoms in total. The van der Waals surface area contributed by atoms with Crippen LogP contribution in [0, 0.1) is 0 Å². The van der Waals surface area contributed by atoms with Gasteiger partial charge >= 0.3 is 0 Å². The summed E-state index contributed by atoms with van der Waals surface area (Å²) < 4.78 is 4.97. The SMILES string of the molecule is CC(O)Cc1nc(-c2ccc(Cl)cn2)no1. The van der Waals surface area contributed by atoms with Crippen LogP contribution in [0.2, 0.25) is 5.02 Å². The largest absolute Gasteiger partial charge is 0.393 e. The first-order valence-electron chi connectivity index (χ1n) is 4.78. The predicted molar refractivity (Wildman–Crippen MR) is 57.9 cm³/mol. The van der Waals surface area contributed by atoms with Gasteiger partial charge in [0.05, 0.1) is 17.5 Å². The summed E-state index contributed by atoms with van der Waals surface area (Å²) in [6, 6.07) is 3.41. The number of hydrogen-bond acceptors (Lipinski definition) is 5. The molecule has 0 aromatic carbocycles. The van der Waals surface area contributed by atoms with Crippen molar-refractivity contribution in [2.45, 2.75) is 19.4 Å². The summed E-state index contributed by atoms with van der Waals surface area (Å²) in [4.78, 5) is 8.17. The van der Waals surface area contributed by atoms with Crippen LogP contribution in [0.15, 0.2) is 22.9 Å². The van der Waals surface area contributed by atoms with Crippen molar-refractivity contribution in [3.05, 3.63) is 29.2 Å². The molecule has 1 unspecified atom stereocenters. The van der Waals surface area contributed by atoms with Gasteiger partial charge in [0.15, 0.2) is 0 Å². The van der Waals surface area contributed by atoms with Crippen LogP contribution in [0.25, 0.3) is 11.5 Å². The maximum Gasteiger partial charge on any atom is 0.229 e. The van der Waals surface area contributed by atoms with Gasteiger partial charge < -0.3 is 9.63 Å². The molecule has 2 aromatic heterocycles. The molecule has 0 amide bonds. The van der Waals surface area contributed by atoms with Crippen LogP contribution in [0.1, 0.15) is 12.8 Å². The molecular formula is C10H10ClN3O2. The molecule has 2 heterocycles. The number of aromatic nitrogens is 3. The Kier molecular flexibility index (Phi) is 3.17. The lowest BCUT2D eigenvalue weighted by Crippen LogP contribution is -2.04. The maximum absolute atomic E-state index is 9.16. The summed E-state index contributed by atoms with van der Waals surface area (Å²) >= 11 is 5.71. The van der Waals surface area contributed by atoms with Gasteiger partial charge in [0.2, 0.25) is 11.7 Å². The van der Waals surface area contributed by atoms with Gasteiger partial charge in [0.1, 0.15) is 5.69 Å². The molecule has 1 atom stereocenters. The average molecular weight is 240 g/mol. The summed E-state index contributed by atoms with van der Waals surface area (Å²) in [5.74, 6) is 0.786. The summed E-state index contributed by atoms with van der Waals surface area (Å²) in [6.07, 6.45) is 1.34. The summed E-state index contributed by atoms with van der Waals surface area (Å²) in [7, 11) is 0. The molecule has 0 aliphatic heterocycles. The van der Waals surface area contributed by atoms with E-state index in [4.69, 9.17) is 21.2 Å². The van der Waals surface area contributed by atoms with Crippen LogP contribution >= 0.6 is 11.6 Å². The Hall–Kier alpha value is -1.46. The van der Waals surface area contributed by atoms with Crippen molar-refractivity contribution in [3.8, 4) is 11.5 Å². The van der Waals surface area contributed by atoms with Crippen LogP contribution in [0.4, 0.5) is 0 Å². The smallest absolute Gasteiger partial charge is 0.229 e. The fourth-order valence-electron chi connectivity index (χ4n) is 1.20. The zero-order valence-electron chi connectivity index (χ0n) is 8.59. The molecule has 0 fully saturated rings. The Morgan fingerprint density at radius 3 is 2.94 bits per heavy atom.